The van der Waals surface area contributed by atoms with Gasteiger partial charge in [-0.25, -0.2) is 9.67 Å². The molecule has 0 aliphatic carbocycles. The normalized spacial score (nSPS) is 10.5. The number of rotatable bonds is 3. The molecule has 3 rings (SSSR count). The maximum Gasteiger partial charge on any atom is 0.276 e. The Labute approximate surface area is 134 Å². The van der Waals surface area contributed by atoms with Gasteiger partial charge in [0.25, 0.3) is 5.91 Å². The molecule has 0 atom stereocenters. The zero-order chi connectivity index (χ0) is 15.5. The van der Waals surface area contributed by atoms with Crippen LogP contribution in [0.4, 0.5) is 5.69 Å². The van der Waals surface area contributed by atoms with E-state index in [9.17, 15) is 4.79 Å². The lowest BCUT2D eigenvalue weighted by Crippen LogP contribution is -2.15. The molecule has 2 aromatic heterocycles. The first-order valence-corrected chi connectivity index (χ1v) is 6.85. The maximum atomic E-state index is 12.1. The fourth-order valence-electron chi connectivity index (χ4n) is 1.68. The first-order valence-electron chi connectivity index (χ1n) is 6.09. The molecule has 9 heteroatoms. The molecule has 1 aromatic carbocycles. The highest BCUT2D eigenvalue weighted by Gasteiger charge is 2.12. The Kier molecular flexibility index (Phi) is 3.99. The monoisotopic (exact) mass is 334 g/mol. The molecular weight excluding hydrogens is 327 g/mol. The molecule has 0 aliphatic heterocycles. The van der Waals surface area contributed by atoms with E-state index in [1.54, 1.807) is 24.3 Å². The average Bonchev–Trinajstić information content (AvgIpc) is 3.06. The summed E-state index contributed by atoms with van der Waals surface area (Å²) in [4.78, 5) is 15.9. The highest BCUT2D eigenvalue weighted by atomic mass is 35.5. The molecule has 0 unspecified atom stereocenters. The summed E-state index contributed by atoms with van der Waals surface area (Å²) < 4.78 is 1.43. The van der Waals surface area contributed by atoms with Gasteiger partial charge in [0.05, 0.1) is 15.7 Å². The van der Waals surface area contributed by atoms with E-state index in [1.807, 2.05) is 0 Å². The van der Waals surface area contributed by atoms with Gasteiger partial charge in [0.15, 0.2) is 11.5 Å². The second kappa shape index (κ2) is 6.08. The fraction of sp³-hybridized carbons (Fsp3) is 0. The van der Waals surface area contributed by atoms with Crippen LogP contribution in [0.25, 0.3) is 5.82 Å². The summed E-state index contributed by atoms with van der Waals surface area (Å²) >= 11 is 11.9. The van der Waals surface area contributed by atoms with Crippen LogP contribution in [0, 0.1) is 0 Å². The minimum Gasteiger partial charge on any atom is -0.319 e. The van der Waals surface area contributed by atoms with E-state index in [1.165, 1.54) is 23.4 Å². The van der Waals surface area contributed by atoms with Crippen molar-refractivity contribution in [2.45, 2.75) is 0 Å². The van der Waals surface area contributed by atoms with Crippen LogP contribution in [0.3, 0.4) is 0 Å². The molecular formula is C13H8Cl2N6O. The lowest BCUT2D eigenvalue weighted by atomic mass is 10.3. The van der Waals surface area contributed by atoms with Gasteiger partial charge in [-0.15, -0.1) is 10.2 Å². The molecule has 110 valence electrons. The Morgan fingerprint density at radius 2 is 2.00 bits per heavy atom. The van der Waals surface area contributed by atoms with Crippen molar-refractivity contribution >= 4 is 34.8 Å². The van der Waals surface area contributed by atoms with Gasteiger partial charge in [-0.2, -0.15) is 5.10 Å². The number of benzene rings is 1. The van der Waals surface area contributed by atoms with Crippen LogP contribution >= 0.6 is 23.2 Å². The van der Waals surface area contributed by atoms with Crippen molar-refractivity contribution < 1.29 is 4.79 Å². The Balaban J connectivity index is 1.79. The van der Waals surface area contributed by atoms with E-state index in [0.29, 0.717) is 16.5 Å². The molecule has 1 N–H and O–H groups in total. The Morgan fingerprint density at radius 1 is 1.14 bits per heavy atom. The number of anilines is 1. The van der Waals surface area contributed by atoms with Gasteiger partial charge in [-0.05, 0) is 24.3 Å². The number of amides is 1. The van der Waals surface area contributed by atoms with Crippen molar-refractivity contribution in [2.75, 3.05) is 5.32 Å². The van der Waals surface area contributed by atoms with Crippen molar-refractivity contribution in [2.24, 2.45) is 0 Å². The molecule has 0 radical (unpaired) electrons. The summed E-state index contributed by atoms with van der Waals surface area (Å²) in [6.45, 7) is 0. The van der Waals surface area contributed by atoms with Gasteiger partial charge in [-0.3, -0.25) is 4.79 Å². The lowest BCUT2D eigenvalue weighted by Gasteiger charge is -2.07. The van der Waals surface area contributed by atoms with Crippen LogP contribution in [-0.2, 0) is 0 Å². The summed E-state index contributed by atoms with van der Waals surface area (Å²) in [6, 6.07) is 8.09. The standard InChI is InChI=1S/C13H8Cl2N6O/c14-8-2-1-3-9(12(8)15)18-13(22)10-4-5-11(20-19-10)21-7-16-6-17-21/h1-7H,(H,18,22). The third kappa shape index (κ3) is 2.90. The first-order chi connectivity index (χ1) is 10.6. The lowest BCUT2D eigenvalue weighted by molar-refractivity contribution is 0.102. The number of halogens is 2. The molecule has 1 amide bonds. The number of nitrogens with zero attached hydrogens (tertiary/aromatic N) is 5. The third-order valence-electron chi connectivity index (χ3n) is 2.74. The minimum atomic E-state index is -0.443. The van der Waals surface area contributed by atoms with E-state index in [-0.39, 0.29) is 10.7 Å². The van der Waals surface area contributed by atoms with Gasteiger partial charge in [0.2, 0.25) is 0 Å². The minimum absolute atomic E-state index is 0.139. The van der Waals surface area contributed by atoms with Crippen LogP contribution in [0.5, 0.6) is 0 Å². The number of aromatic nitrogens is 5. The SMILES string of the molecule is O=C(Nc1cccc(Cl)c1Cl)c1ccc(-n2cncn2)nn1. The Morgan fingerprint density at radius 3 is 2.68 bits per heavy atom. The second-order valence-electron chi connectivity index (χ2n) is 4.17. The van der Waals surface area contributed by atoms with Crippen molar-refractivity contribution in [3.8, 4) is 5.82 Å². The molecule has 3 aromatic rings. The van der Waals surface area contributed by atoms with Gasteiger partial charge in [-0.1, -0.05) is 29.3 Å². The van der Waals surface area contributed by atoms with E-state index in [4.69, 9.17) is 23.2 Å². The maximum absolute atomic E-state index is 12.1. The zero-order valence-electron chi connectivity index (χ0n) is 10.9. The summed E-state index contributed by atoms with van der Waals surface area (Å²) in [6.07, 6.45) is 2.86. The topological polar surface area (TPSA) is 85.6 Å². The predicted octanol–water partition coefficient (Wildman–Crippen LogP) is 2.62. The van der Waals surface area contributed by atoms with Crippen molar-refractivity contribution in [3.63, 3.8) is 0 Å². The summed E-state index contributed by atoms with van der Waals surface area (Å²) in [5.74, 6) is 0.0108. The highest BCUT2D eigenvalue weighted by Crippen LogP contribution is 2.29. The van der Waals surface area contributed by atoms with E-state index in [2.05, 4.69) is 25.6 Å². The van der Waals surface area contributed by atoms with Crippen molar-refractivity contribution in [1.29, 1.82) is 0 Å². The third-order valence-corrected chi connectivity index (χ3v) is 3.56. The number of nitrogens with one attached hydrogen (secondary N) is 1. The number of carbonyl (C=O) groups is 1. The predicted molar refractivity (Wildman–Crippen MR) is 81.4 cm³/mol. The van der Waals surface area contributed by atoms with Crippen LogP contribution in [0.2, 0.25) is 10.0 Å². The molecule has 0 bridgehead atoms. The van der Waals surface area contributed by atoms with E-state index < -0.39 is 5.91 Å². The van der Waals surface area contributed by atoms with Crippen LogP contribution < -0.4 is 5.32 Å². The number of hydrogen-bond donors (Lipinski definition) is 1. The first kappa shape index (κ1) is 14.4. The summed E-state index contributed by atoms with van der Waals surface area (Å²) in [5, 5.41) is 14.9. The zero-order valence-corrected chi connectivity index (χ0v) is 12.5. The van der Waals surface area contributed by atoms with Crippen LogP contribution in [0.15, 0.2) is 43.0 Å². The summed E-state index contributed by atoms with van der Waals surface area (Å²) in [7, 11) is 0. The molecule has 7 nitrogen and oxygen atoms in total. The second-order valence-corrected chi connectivity index (χ2v) is 4.96. The smallest absolute Gasteiger partial charge is 0.276 e. The highest BCUT2D eigenvalue weighted by molar-refractivity contribution is 6.44. The van der Waals surface area contributed by atoms with Gasteiger partial charge in [0, 0.05) is 0 Å². The molecule has 0 fully saturated rings. The van der Waals surface area contributed by atoms with Crippen LogP contribution in [0.1, 0.15) is 10.5 Å². The van der Waals surface area contributed by atoms with Gasteiger partial charge < -0.3 is 5.32 Å². The molecule has 2 heterocycles. The fourth-order valence-corrected chi connectivity index (χ4v) is 2.03. The molecule has 22 heavy (non-hydrogen) atoms. The molecule has 0 saturated heterocycles. The van der Waals surface area contributed by atoms with Gasteiger partial charge in [0.1, 0.15) is 12.7 Å². The average molecular weight is 335 g/mol. The number of carbonyl (C=O) groups excluding carboxylic acids is 1. The van der Waals surface area contributed by atoms with Gasteiger partial charge >= 0.3 is 0 Å². The largest absolute Gasteiger partial charge is 0.319 e. The molecule has 0 spiro atoms. The molecule has 0 aliphatic rings. The Hall–Kier alpha value is -2.51. The van der Waals surface area contributed by atoms with E-state index >= 15 is 0 Å². The molecule has 0 saturated carbocycles. The van der Waals surface area contributed by atoms with Crippen molar-refractivity contribution in [1.82, 2.24) is 25.0 Å². The van der Waals surface area contributed by atoms with Crippen molar-refractivity contribution in [3.05, 3.63) is 58.7 Å². The summed E-state index contributed by atoms with van der Waals surface area (Å²) in [5.41, 5.74) is 0.543. The number of hydrogen-bond acceptors (Lipinski definition) is 5. The quantitative estimate of drug-likeness (QED) is 0.795. The Bertz CT molecular complexity index is 804. The van der Waals surface area contributed by atoms with E-state index in [0.717, 1.165) is 0 Å². The van der Waals surface area contributed by atoms with Crippen LogP contribution in [-0.4, -0.2) is 30.9 Å².